The first kappa shape index (κ1) is 30.7. The Morgan fingerprint density at radius 1 is 1.15 bits per heavy atom. The van der Waals surface area contributed by atoms with Crippen LogP contribution < -0.4 is 25.5 Å². The van der Waals surface area contributed by atoms with E-state index >= 15 is 0 Å². The number of carbonyl (C=O) groups is 1. The molecule has 1 aliphatic heterocycles. The fourth-order valence-electron chi connectivity index (χ4n) is 5.60. The van der Waals surface area contributed by atoms with Gasteiger partial charge in [0.05, 0.1) is 52.2 Å². The van der Waals surface area contributed by atoms with Crippen LogP contribution in [0.1, 0.15) is 17.3 Å². The number of pyridine rings is 1. The summed E-state index contributed by atoms with van der Waals surface area (Å²) in [4.78, 5) is 18.1. The van der Waals surface area contributed by atoms with Gasteiger partial charge in [0, 0.05) is 42.4 Å². The first-order chi connectivity index (χ1) is 21.8. The smallest absolute Gasteiger partial charge is 0.255 e. The quantitative estimate of drug-likeness (QED) is 0.265. The van der Waals surface area contributed by atoms with E-state index in [1.54, 1.807) is 36.4 Å². The van der Waals surface area contributed by atoms with Gasteiger partial charge in [0.1, 0.15) is 28.7 Å². The summed E-state index contributed by atoms with van der Waals surface area (Å²) in [7, 11) is -1.06. The van der Waals surface area contributed by atoms with Gasteiger partial charge in [-0.1, -0.05) is 12.7 Å². The first-order valence-corrected chi connectivity index (χ1v) is 15.8. The van der Waals surface area contributed by atoms with Crippen LogP contribution in [0.4, 0.5) is 24.5 Å². The highest BCUT2D eigenvalue weighted by Crippen LogP contribution is 2.42. The molecule has 236 valence electrons. The zero-order chi connectivity index (χ0) is 33.1. The maximum absolute atomic E-state index is 15.0. The van der Waals surface area contributed by atoms with Crippen LogP contribution in [0.2, 0.25) is 0 Å². The van der Waals surface area contributed by atoms with Crippen molar-refractivity contribution in [3.63, 3.8) is 0 Å². The van der Waals surface area contributed by atoms with E-state index in [-0.39, 0.29) is 39.4 Å². The molecule has 0 bridgehead atoms. The SMILES string of the molecule is C=C/C=c1\c(=C(/C)F)cc2n1CNc1ccc(-c3cc4c(C(=O)NC)c(-c5ccc(F)cc5F)oc4cc3N(C)S(C)(=O)=O)nc1-2. The number of benzene rings is 2. The second kappa shape index (κ2) is 11.2. The molecule has 0 aliphatic carbocycles. The predicted molar refractivity (Wildman–Crippen MR) is 173 cm³/mol. The van der Waals surface area contributed by atoms with Crippen LogP contribution in [0.3, 0.4) is 0 Å². The number of sulfonamides is 1. The lowest BCUT2D eigenvalue weighted by Crippen LogP contribution is -2.33. The molecule has 1 amide bonds. The van der Waals surface area contributed by atoms with Crippen LogP contribution in [0.5, 0.6) is 0 Å². The topological polar surface area (TPSA) is 109 Å². The Hall–Kier alpha value is -5.30. The van der Waals surface area contributed by atoms with E-state index in [9.17, 15) is 26.4 Å². The molecule has 5 aromatic rings. The molecule has 0 spiro atoms. The Morgan fingerprint density at radius 3 is 2.57 bits per heavy atom. The number of anilines is 2. The van der Waals surface area contributed by atoms with Crippen molar-refractivity contribution >= 4 is 50.2 Å². The van der Waals surface area contributed by atoms with Gasteiger partial charge in [-0.25, -0.2) is 26.6 Å². The molecule has 2 N–H and O–H groups in total. The third kappa shape index (κ3) is 5.02. The van der Waals surface area contributed by atoms with Crippen molar-refractivity contribution in [2.24, 2.45) is 0 Å². The number of halogens is 3. The molecule has 0 atom stereocenters. The van der Waals surface area contributed by atoms with Crippen molar-refractivity contribution in [2.45, 2.75) is 13.6 Å². The lowest BCUT2D eigenvalue weighted by molar-refractivity contribution is 0.0964. The monoisotopic (exact) mass is 647 g/mol. The number of rotatable bonds is 6. The largest absolute Gasteiger partial charge is 0.455 e. The van der Waals surface area contributed by atoms with E-state index in [2.05, 4.69) is 17.2 Å². The maximum Gasteiger partial charge on any atom is 0.255 e. The fraction of sp³-hybridized carbons (Fsp3) is 0.152. The van der Waals surface area contributed by atoms with E-state index in [0.29, 0.717) is 51.6 Å². The molecule has 4 heterocycles. The molecule has 1 aliphatic rings. The highest BCUT2D eigenvalue weighted by Gasteiger charge is 2.28. The van der Waals surface area contributed by atoms with Crippen LogP contribution >= 0.6 is 0 Å². The van der Waals surface area contributed by atoms with E-state index in [1.807, 2.05) is 4.57 Å². The fourth-order valence-corrected chi connectivity index (χ4v) is 6.11. The molecule has 13 heteroatoms. The summed E-state index contributed by atoms with van der Waals surface area (Å²) < 4.78 is 77.8. The molecule has 9 nitrogen and oxygen atoms in total. The molecule has 2 aromatic carbocycles. The summed E-state index contributed by atoms with van der Waals surface area (Å²) in [6.07, 6.45) is 4.30. The van der Waals surface area contributed by atoms with Crippen LogP contribution in [0.25, 0.3) is 56.8 Å². The van der Waals surface area contributed by atoms with Crippen LogP contribution in [0.15, 0.2) is 65.6 Å². The molecule has 0 radical (unpaired) electrons. The Kier molecular flexibility index (Phi) is 7.51. The number of nitrogens with one attached hydrogen (secondary N) is 2. The summed E-state index contributed by atoms with van der Waals surface area (Å²) in [6, 6.07) is 11.0. The molecular weight excluding hydrogens is 619 g/mol. The summed E-state index contributed by atoms with van der Waals surface area (Å²) in [5, 5.41) is 7.03. The van der Waals surface area contributed by atoms with Gasteiger partial charge in [0.2, 0.25) is 10.0 Å². The number of carbonyl (C=O) groups excluding carboxylic acids is 1. The Morgan fingerprint density at radius 2 is 1.91 bits per heavy atom. The molecule has 0 unspecified atom stereocenters. The Balaban J connectivity index is 1.66. The van der Waals surface area contributed by atoms with Crippen molar-refractivity contribution in [3.05, 3.63) is 89.0 Å². The van der Waals surface area contributed by atoms with Crippen molar-refractivity contribution in [3.8, 4) is 34.0 Å². The lowest BCUT2D eigenvalue weighted by atomic mass is 10.00. The van der Waals surface area contributed by atoms with Gasteiger partial charge in [-0.05, 0) is 49.4 Å². The zero-order valence-corrected chi connectivity index (χ0v) is 26.0. The molecular formula is C33H28F3N5O4S. The standard InChI is InChI=1S/C33H28F3N5O4S/c1-6-7-26-20(17(2)34)14-28-31-25(38-16-41(26)28)11-10-24(39-31)21-13-22-29(15-27(21)40(4)46(5,43)44)45-32(30(22)33(42)37-3)19-9-8-18(35)12-23(19)36/h6-15,38H,1,16H2,2-5H3,(H,37,42)/b20-17+,26-7+. The van der Waals surface area contributed by atoms with Crippen LogP contribution in [-0.4, -0.2) is 44.2 Å². The second-order valence-electron chi connectivity index (χ2n) is 10.7. The minimum absolute atomic E-state index is 0.0328. The van der Waals surface area contributed by atoms with Crippen molar-refractivity contribution in [1.82, 2.24) is 14.9 Å². The number of fused-ring (bicyclic) bond motifs is 4. The van der Waals surface area contributed by atoms with E-state index in [1.165, 1.54) is 27.1 Å². The number of nitrogens with zero attached hydrogens (tertiary/aromatic N) is 3. The van der Waals surface area contributed by atoms with Crippen molar-refractivity contribution in [1.29, 1.82) is 0 Å². The first-order valence-electron chi connectivity index (χ1n) is 14.0. The molecule has 0 fully saturated rings. The highest BCUT2D eigenvalue weighted by atomic mass is 32.2. The van der Waals surface area contributed by atoms with Crippen molar-refractivity contribution < 1.29 is 30.8 Å². The van der Waals surface area contributed by atoms with Crippen LogP contribution in [-0.2, 0) is 16.7 Å². The van der Waals surface area contributed by atoms with Gasteiger partial charge in [-0.2, -0.15) is 0 Å². The van der Waals surface area contributed by atoms with E-state index < -0.39 is 27.6 Å². The van der Waals surface area contributed by atoms with Gasteiger partial charge in [-0.3, -0.25) is 9.10 Å². The second-order valence-corrected chi connectivity index (χ2v) is 12.7. The maximum atomic E-state index is 15.0. The average molecular weight is 648 g/mol. The number of furan rings is 1. The predicted octanol–water partition coefficient (Wildman–Crippen LogP) is 5.11. The molecule has 0 saturated carbocycles. The molecule has 3 aromatic heterocycles. The normalized spacial score (nSPS) is 13.6. The highest BCUT2D eigenvalue weighted by molar-refractivity contribution is 7.92. The van der Waals surface area contributed by atoms with E-state index in [4.69, 9.17) is 9.40 Å². The summed E-state index contributed by atoms with van der Waals surface area (Å²) in [5.74, 6) is -2.90. The third-order valence-corrected chi connectivity index (χ3v) is 9.09. The molecule has 0 saturated heterocycles. The van der Waals surface area contributed by atoms with Gasteiger partial charge < -0.3 is 19.6 Å². The minimum atomic E-state index is -3.82. The molecule has 46 heavy (non-hydrogen) atoms. The summed E-state index contributed by atoms with van der Waals surface area (Å²) in [5.41, 5.74) is 2.49. The third-order valence-electron chi connectivity index (χ3n) is 7.90. The van der Waals surface area contributed by atoms with Crippen molar-refractivity contribution in [2.75, 3.05) is 30.0 Å². The van der Waals surface area contributed by atoms with Crippen LogP contribution in [0, 0.1) is 11.6 Å². The minimum Gasteiger partial charge on any atom is -0.455 e. The number of amides is 1. The number of hydrogen-bond donors (Lipinski definition) is 2. The Labute approximate surface area is 262 Å². The summed E-state index contributed by atoms with van der Waals surface area (Å²) >= 11 is 0. The lowest BCUT2D eigenvalue weighted by Gasteiger charge is -2.23. The number of aromatic nitrogens is 2. The summed E-state index contributed by atoms with van der Waals surface area (Å²) in [6.45, 7) is 5.45. The van der Waals surface area contributed by atoms with Gasteiger partial charge in [0.15, 0.2) is 5.76 Å². The van der Waals surface area contributed by atoms with Gasteiger partial charge >= 0.3 is 0 Å². The van der Waals surface area contributed by atoms with Gasteiger partial charge in [0.25, 0.3) is 5.91 Å². The number of allylic oxidation sites excluding steroid dienone is 1. The number of hydrogen-bond acceptors (Lipinski definition) is 6. The van der Waals surface area contributed by atoms with Gasteiger partial charge in [-0.15, -0.1) is 0 Å². The average Bonchev–Trinajstić information content (AvgIpc) is 3.57. The zero-order valence-electron chi connectivity index (χ0n) is 25.2. The Bertz CT molecular complexity index is 2340. The van der Waals surface area contributed by atoms with E-state index in [0.717, 1.165) is 22.7 Å². The molecule has 6 rings (SSSR count).